The molecule has 4 heteroatoms. The summed E-state index contributed by atoms with van der Waals surface area (Å²) in [6.45, 7) is 8.85. The third-order valence-electron chi connectivity index (χ3n) is 2.94. The van der Waals surface area contributed by atoms with Gasteiger partial charge >= 0.3 is 0 Å². The van der Waals surface area contributed by atoms with Gasteiger partial charge in [0.1, 0.15) is 0 Å². The molecule has 1 aliphatic rings. The largest absolute Gasteiger partial charge is 0.314 e. The molecule has 15 heavy (non-hydrogen) atoms. The average molecular weight is 245 g/mol. The van der Waals surface area contributed by atoms with E-state index in [1.54, 1.807) is 11.3 Å². The fraction of sp³-hybridized carbons (Fsp3) is 0.636. The van der Waals surface area contributed by atoms with Gasteiger partial charge in [-0.2, -0.15) is 0 Å². The Morgan fingerprint density at radius 2 is 2.40 bits per heavy atom. The van der Waals surface area contributed by atoms with E-state index in [0.717, 1.165) is 31.2 Å². The normalized spacial score (nSPS) is 21.8. The molecule has 84 valence electrons. The Hall–Kier alpha value is -0.0900. The van der Waals surface area contributed by atoms with Crippen molar-refractivity contribution in [3.05, 3.63) is 21.3 Å². The lowest BCUT2D eigenvalue weighted by Crippen LogP contribution is -2.57. The lowest BCUT2D eigenvalue weighted by atomic mass is 10.0. The van der Waals surface area contributed by atoms with Crippen LogP contribution >= 0.6 is 22.9 Å². The molecular weight excluding hydrogens is 228 g/mol. The van der Waals surface area contributed by atoms with Crippen LogP contribution in [0, 0.1) is 0 Å². The molecule has 2 rings (SSSR count). The molecule has 0 unspecified atom stereocenters. The first-order valence-corrected chi connectivity index (χ1v) is 6.52. The van der Waals surface area contributed by atoms with Gasteiger partial charge in [-0.25, -0.2) is 0 Å². The highest BCUT2D eigenvalue weighted by molar-refractivity contribution is 7.10. The zero-order valence-electron chi connectivity index (χ0n) is 9.22. The maximum atomic E-state index is 5.93. The van der Waals surface area contributed by atoms with Gasteiger partial charge in [0.25, 0.3) is 0 Å². The number of nitrogens with zero attached hydrogens (tertiary/aromatic N) is 1. The van der Waals surface area contributed by atoms with Crippen molar-refractivity contribution in [1.82, 2.24) is 10.2 Å². The number of hydrogen-bond acceptors (Lipinski definition) is 3. The summed E-state index contributed by atoms with van der Waals surface area (Å²) in [5.74, 6) is 0. The van der Waals surface area contributed by atoms with E-state index >= 15 is 0 Å². The van der Waals surface area contributed by atoms with E-state index in [1.165, 1.54) is 4.88 Å². The monoisotopic (exact) mass is 244 g/mol. The van der Waals surface area contributed by atoms with Crippen LogP contribution in [0.2, 0.25) is 5.02 Å². The first kappa shape index (κ1) is 11.4. The van der Waals surface area contributed by atoms with Crippen LogP contribution in [0.5, 0.6) is 0 Å². The Labute approximate surface area is 100 Å². The third kappa shape index (κ3) is 2.72. The van der Waals surface area contributed by atoms with Crippen LogP contribution in [0.15, 0.2) is 11.4 Å². The Morgan fingerprint density at radius 3 is 3.00 bits per heavy atom. The minimum Gasteiger partial charge on any atom is -0.314 e. The van der Waals surface area contributed by atoms with Crippen molar-refractivity contribution >= 4 is 22.9 Å². The molecule has 0 saturated carbocycles. The summed E-state index contributed by atoms with van der Waals surface area (Å²) in [5.41, 5.74) is 0.245. The van der Waals surface area contributed by atoms with Crippen LogP contribution in [0.4, 0.5) is 0 Å². The topological polar surface area (TPSA) is 15.3 Å². The Morgan fingerprint density at radius 1 is 1.60 bits per heavy atom. The van der Waals surface area contributed by atoms with Gasteiger partial charge in [-0.05, 0) is 19.9 Å². The van der Waals surface area contributed by atoms with E-state index in [1.807, 2.05) is 5.38 Å². The summed E-state index contributed by atoms with van der Waals surface area (Å²) in [6, 6.07) is 2.07. The molecule has 1 N–H and O–H groups in total. The molecule has 1 saturated heterocycles. The van der Waals surface area contributed by atoms with E-state index in [2.05, 4.69) is 30.1 Å². The predicted molar refractivity (Wildman–Crippen MR) is 66.7 cm³/mol. The fourth-order valence-corrected chi connectivity index (χ4v) is 3.03. The van der Waals surface area contributed by atoms with Crippen molar-refractivity contribution in [2.45, 2.75) is 25.9 Å². The van der Waals surface area contributed by atoms with Crippen LogP contribution in [-0.4, -0.2) is 30.1 Å². The first-order valence-electron chi connectivity index (χ1n) is 5.27. The molecule has 2 nitrogen and oxygen atoms in total. The van der Waals surface area contributed by atoms with Crippen molar-refractivity contribution in [2.24, 2.45) is 0 Å². The number of rotatable bonds is 2. The molecule has 0 atom stereocenters. The highest BCUT2D eigenvalue weighted by Crippen LogP contribution is 2.24. The van der Waals surface area contributed by atoms with Gasteiger partial charge in [0.15, 0.2) is 0 Å². The predicted octanol–water partition coefficient (Wildman–Crippen LogP) is 2.59. The molecule has 0 spiro atoms. The Balaban J connectivity index is 2.04. The summed E-state index contributed by atoms with van der Waals surface area (Å²) in [5, 5.41) is 6.30. The van der Waals surface area contributed by atoms with E-state index < -0.39 is 0 Å². The molecular formula is C11H17ClN2S. The van der Waals surface area contributed by atoms with Crippen LogP contribution in [0.25, 0.3) is 0 Å². The number of halogens is 1. The number of piperazine rings is 1. The van der Waals surface area contributed by atoms with E-state index in [4.69, 9.17) is 11.6 Å². The van der Waals surface area contributed by atoms with Crippen molar-refractivity contribution in [1.29, 1.82) is 0 Å². The van der Waals surface area contributed by atoms with Crippen LogP contribution in [0.1, 0.15) is 18.7 Å². The van der Waals surface area contributed by atoms with Gasteiger partial charge in [-0.3, -0.25) is 4.90 Å². The van der Waals surface area contributed by atoms with E-state index in [0.29, 0.717) is 0 Å². The molecule has 0 bridgehead atoms. The Bertz CT molecular complexity index is 335. The lowest BCUT2D eigenvalue weighted by Gasteiger charge is -2.42. The quantitative estimate of drug-likeness (QED) is 0.861. The minimum absolute atomic E-state index is 0.245. The third-order valence-corrected chi connectivity index (χ3v) is 4.21. The zero-order chi connectivity index (χ0) is 10.9. The van der Waals surface area contributed by atoms with E-state index in [9.17, 15) is 0 Å². The maximum Gasteiger partial charge on any atom is 0.0516 e. The molecule has 0 amide bonds. The summed E-state index contributed by atoms with van der Waals surface area (Å²) >= 11 is 7.68. The summed E-state index contributed by atoms with van der Waals surface area (Å²) in [6.07, 6.45) is 0. The Kier molecular flexibility index (Phi) is 3.36. The SMILES string of the molecule is CC1(C)CNCCN1Cc1cc(Cl)cs1. The zero-order valence-corrected chi connectivity index (χ0v) is 10.8. The summed E-state index contributed by atoms with van der Waals surface area (Å²) < 4.78 is 0. The van der Waals surface area contributed by atoms with E-state index in [-0.39, 0.29) is 5.54 Å². The van der Waals surface area contributed by atoms with Crippen LogP contribution in [-0.2, 0) is 6.54 Å². The second kappa shape index (κ2) is 4.42. The number of nitrogens with one attached hydrogen (secondary N) is 1. The highest BCUT2D eigenvalue weighted by atomic mass is 35.5. The minimum atomic E-state index is 0.245. The van der Waals surface area contributed by atoms with Crippen molar-refractivity contribution < 1.29 is 0 Å². The molecule has 1 aromatic rings. The number of thiophene rings is 1. The lowest BCUT2D eigenvalue weighted by molar-refractivity contribution is 0.0838. The fourth-order valence-electron chi connectivity index (χ4n) is 1.94. The summed E-state index contributed by atoms with van der Waals surface area (Å²) in [4.78, 5) is 3.88. The molecule has 0 radical (unpaired) electrons. The molecule has 0 aromatic carbocycles. The van der Waals surface area contributed by atoms with Gasteiger partial charge < -0.3 is 5.32 Å². The second-order valence-corrected chi connectivity index (χ2v) is 6.07. The van der Waals surface area contributed by atoms with Crippen LogP contribution < -0.4 is 5.32 Å². The number of hydrogen-bond donors (Lipinski definition) is 1. The van der Waals surface area contributed by atoms with Crippen molar-refractivity contribution in [3.8, 4) is 0 Å². The maximum absolute atomic E-state index is 5.93. The molecule has 1 fully saturated rings. The van der Waals surface area contributed by atoms with Gasteiger partial charge in [-0.1, -0.05) is 11.6 Å². The van der Waals surface area contributed by atoms with Gasteiger partial charge in [-0.15, -0.1) is 11.3 Å². The van der Waals surface area contributed by atoms with Gasteiger partial charge in [0.05, 0.1) is 5.02 Å². The van der Waals surface area contributed by atoms with Crippen LogP contribution in [0.3, 0.4) is 0 Å². The van der Waals surface area contributed by atoms with Gasteiger partial charge in [0, 0.05) is 42.0 Å². The molecule has 1 aliphatic heterocycles. The van der Waals surface area contributed by atoms with Gasteiger partial charge in [0.2, 0.25) is 0 Å². The smallest absolute Gasteiger partial charge is 0.0516 e. The van der Waals surface area contributed by atoms with Crippen molar-refractivity contribution in [3.63, 3.8) is 0 Å². The second-order valence-electron chi connectivity index (χ2n) is 4.64. The average Bonchev–Trinajstić information content (AvgIpc) is 2.55. The first-order chi connectivity index (χ1) is 7.08. The molecule has 0 aliphatic carbocycles. The highest BCUT2D eigenvalue weighted by Gasteiger charge is 2.29. The molecule has 1 aromatic heterocycles. The molecule has 2 heterocycles. The van der Waals surface area contributed by atoms with Crippen molar-refractivity contribution in [2.75, 3.05) is 19.6 Å². The summed E-state index contributed by atoms with van der Waals surface area (Å²) in [7, 11) is 0. The standard InChI is InChI=1S/C11H17ClN2S/c1-11(2)8-13-3-4-14(11)6-10-5-9(12)7-15-10/h5,7,13H,3-4,6,8H2,1-2H3.